The third-order valence-corrected chi connectivity index (χ3v) is 4.28. The summed E-state index contributed by atoms with van der Waals surface area (Å²) in [5.41, 5.74) is 2.83. The van der Waals surface area contributed by atoms with Gasteiger partial charge in [-0.05, 0) is 31.5 Å². The first-order valence-electron chi connectivity index (χ1n) is 6.52. The molecule has 0 bridgehead atoms. The number of aromatic nitrogens is 1. The Morgan fingerprint density at radius 1 is 1.15 bits per heavy atom. The number of aryl methyl sites for hydroxylation is 1. The molecular formula is C16H15FN2S. The average Bonchev–Trinajstić information content (AvgIpc) is 2.83. The Labute approximate surface area is 121 Å². The second kappa shape index (κ2) is 5.21. The summed E-state index contributed by atoms with van der Waals surface area (Å²) in [5, 5.41) is 4.11. The Morgan fingerprint density at radius 2 is 1.95 bits per heavy atom. The number of rotatable bonds is 3. The summed E-state index contributed by atoms with van der Waals surface area (Å²) in [4.78, 5) is 4.59. The third-order valence-electron chi connectivity index (χ3n) is 3.33. The van der Waals surface area contributed by atoms with Crippen molar-refractivity contribution in [3.8, 4) is 0 Å². The quantitative estimate of drug-likeness (QED) is 0.739. The molecular weight excluding hydrogens is 271 g/mol. The monoisotopic (exact) mass is 286 g/mol. The molecule has 1 N–H and O–H groups in total. The van der Waals surface area contributed by atoms with Crippen LogP contribution in [0.1, 0.15) is 24.1 Å². The standard InChI is InChI=1S/C16H15FN2S/c1-10-6-5-9-14-15(10)19-16(20-14)18-11(2)12-7-3-4-8-13(12)17/h3-9,11H,1-2H3,(H,18,19). The first kappa shape index (κ1) is 13.1. The van der Waals surface area contributed by atoms with Gasteiger partial charge >= 0.3 is 0 Å². The maximum Gasteiger partial charge on any atom is 0.184 e. The summed E-state index contributed by atoms with van der Waals surface area (Å²) in [6, 6.07) is 12.8. The van der Waals surface area contributed by atoms with Gasteiger partial charge in [0.25, 0.3) is 0 Å². The van der Waals surface area contributed by atoms with Crippen LogP contribution in [0.4, 0.5) is 9.52 Å². The first-order valence-corrected chi connectivity index (χ1v) is 7.34. The lowest BCUT2D eigenvalue weighted by Crippen LogP contribution is -2.08. The van der Waals surface area contributed by atoms with Crippen LogP contribution in [-0.4, -0.2) is 4.98 Å². The molecule has 2 nitrogen and oxygen atoms in total. The minimum atomic E-state index is -0.190. The van der Waals surface area contributed by atoms with Crippen molar-refractivity contribution in [1.29, 1.82) is 0 Å². The number of benzene rings is 2. The fraction of sp³-hybridized carbons (Fsp3) is 0.188. The Morgan fingerprint density at radius 3 is 2.70 bits per heavy atom. The topological polar surface area (TPSA) is 24.9 Å². The molecule has 0 spiro atoms. The van der Waals surface area contributed by atoms with E-state index in [9.17, 15) is 4.39 Å². The minimum Gasteiger partial charge on any atom is -0.355 e. The molecule has 1 heterocycles. The SMILES string of the molecule is Cc1cccc2sc(NC(C)c3ccccc3F)nc12. The van der Waals surface area contributed by atoms with Crippen LogP contribution in [0.25, 0.3) is 10.2 Å². The van der Waals surface area contributed by atoms with Crippen molar-refractivity contribution < 1.29 is 4.39 Å². The van der Waals surface area contributed by atoms with Crippen molar-refractivity contribution in [2.75, 3.05) is 5.32 Å². The average molecular weight is 286 g/mol. The minimum absolute atomic E-state index is 0.114. The lowest BCUT2D eigenvalue weighted by Gasteiger charge is -2.13. The van der Waals surface area contributed by atoms with Gasteiger partial charge in [-0.15, -0.1) is 0 Å². The fourth-order valence-electron chi connectivity index (χ4n) is 2.24. The Balaban J connectivity index is 1.90. The Kier molecular flexibility index (Phi) is 3.40. The normalized spacial score (nSPS) is 12.6. The molecule has 1 aromatic heterocycles. The zero-order valence-electron chi connectivity index (χ0n) is 11.4. The van der Waals surface area contributed by atoms with Crippen LogP contribution in [-0.2, 0) is 0 Å². The van der Waals surface area contributed by atoms with Gasteiger partial charge in [-0.1, -0.05) is 41.7 Å². The van der Waals surface area contributed by atoms with Crippen LogP contribution in [0.15, 0.2) is 42.5 Å². The van der Waals surface area contributed by atoms with Gasteiger partial charge in [0.1, 0.15) is 5.82 Å². The lowest BCUT2D eigenvalue weighted by atomic mass is 10.1. The Hall–Kier alpha value is -1.94. The largest absolute Gasteiger partial charge is 0.355 e. The molecule has 0 fully saturated rings. The molecule has 3 rings (SSSR count). The van der Waals surface area contributed by atoms with Gasteiger partial charge < -0.3 is 5.32 Å². The summed E-state index contributed by atoms with van der Waals surface area (Å²) in [6.07, 6.45) is 0. The van der Waals surface area contributed by atoms with E-state index in [-0.39, 0.29) is 11.9 Å². The van der Waals surface area contributed by atoms with Gasteiger partial charge in [0.15, 0.2) is 5.13 Å². The summed E-state index contributed by atoms with van der Waals surface area (Å²) in [7, 11) is 0. The summed E-state index contributed by atoms with van der Waals surface area (Å²) < 4.78 is 14.9. The van der Waals surface area contributed by atoms with Crippen LogP contribution >= 0.6 is 11.3 Å². The highest BCUT2D eigenvalue weighted by atomic mass is 32.1. The van der Waals surface area contributed by atoms with Gasteiger partial charge in [-0.3, -0.25) is 0 Å². The molecule has 0 radical (unpaired) electrons. The molecule has 2 aromatic carbocycles. The first-order chi connectivity index (χ1) is 9.65. The maximum atomic E-state index is 13.8. The highest BCUT2D eigenvalue weighted by Gasteiger charge is 2.12. The predicted octanol–water partition coefficient (Wildman–Crippen LogP) is 4.92. The molecule has 3 aromatic rings. The third kappa shape index (κ3) is 2.39. The fourth-order valence-corrected chi connectivity index (χ4v) is 3.27. The second-order valence-corrected chi connectivity index (χ2v) is 5.86. The number of thiazole rings is 1. The van der Waals surface area contributed by atoms with Crippen molar-refractivity contribution >= 4 is 26.7 Å². The van der Waals surface area contributed by atoms with Crippen LogP contribution in [0, 0.1) is 12.7 Å². The van der Waals surface area contributed by atoms with Gasteiger partial charge in [0, 0.05) is 5.56 Å². The van der Waals surface area contributed by atoms with Crippen LogP contribution < -0.4 is 5.32 Å². The number of anilines is 1. The van der Waals surface area contributed by atoms with E-state index in [2.05, 4.69) is 16.4 Å². The Bertz CT molecular complexity index is 751. The summed E-state index contributed by atoms with van der Waals surface area (Å²) in [5.74, 6) is -0.190. The molecule has 20 heavy (non-hydrogen) atoms. The zero-order valence-corrected chi connectivity index (χ0v) is 12.2. The molecule has 0 saturated carbocycles. The van der Waals surface area contributed by atoms with E-state index in [1.54, 1.807) is 23.5 Å². The smallest absolute Gasteiger partial charge is 0.184 e. The van der Waals surface area contributed by atoms with E-state index in [0.717, 1.165) is 20.9 Å². The summed E-state index contributed by atoms with van der Waals surface area (Å²) in [6.45, 7) is 3.99. The second-order valence-electron chi connectivity index (χ2n) is 4.83. The summed E-state index contributed by atoms with van der Waals surface area (Å²) >= 11 is 1.60. The number of hydrogen-bond acceptors (Lipinski definition) is 3. The van der Waals surface area contributed by atoms with E-state index in [1.165, 1.54) is 6.07 Å². The number of halogens is 1. The number of para-hydroxylation sites is 1. The number of nitrogens with one attached hydrogen (secondary N) is 1. The highest BCUT2D eigenvalue weighted by molar-refractivity contribution is 7.22. The molecule has 0 amide bonds. The zero-order chi connectivity index (χ0) is 14.1. The highest BCUT2D eigenvalue weighted by Crippen LogP contribution is 2.30. The molecule has 1 atom stereocenters. The molecule has 1 unspecified atom stereocenters. The number of fused-ring (bicyclic) bond motifs is 1. The van der Waals surface area contributed by atoms with Crippen molar-refractivity contribution in [1.82, 2.24) is 4.98 Å². The van der Waals surface area contributed by atoms with Gasteiger partial charge in [0.2, 0.25) is 0 Å². The van der Waals surface area contributed by atoms with Crippen molar-refractivity contribution in [2.45, 2.75) is 19.9 Å². The van der Waals surface area contributed by atoms with E-state index in [1.807, 2.05) is 32.0 Å². The van der Waals surface area contributed by atoms with Gasteiger partial charge in [-0.25, -0.2) is 9.37 Å². The van der Waals surface area contributed by atoms with E-state index < -0.39 is 0 Å². The number of nitrogens with zero attached hydrogens (tertiary/aromatic N) is 1. The van der Waals surface area contributed by atoms with E-state index in [4.69, 9.17) is 0 Å². The van der Waals surface area contributed by atoms with Crippen molar-refractivity contribution in [2.24, 2.45) is 0 Å². The molecule has 4 heteroatoms. The van der Waals surface area contributed by atoms with E-state index >= 15 is 0 Å². The van der Waals surface area contributed by atoms with Crippen molar-refractivity contribution in [3.05, 3.63) is 59.4 Å². The van der Waals surface area contributed by atoms with Gasteiger partial charge in [-0.2, -0.15) is 0 Å². The molecule has 0 aliphatic carbocycles. The maximum absolute atomic E-state index is 13.8. The van der Waals surface area contributed by atoms with E-state index in [0.29, 0.717) is 5.56 Å². The molecule has 0 aliphatic rings. The lowest BCUT2D eigenvalue weighted by molar-refractivity contribution is 0.600. The molecule has 0 aliphatic heterocycles. The predicted molar refractivity (Wildman–Crippen MR) is 82.8 cm³/mol. The van der Waals surface area contributed by atoms with Crippen molar-refractivity contribution in [3.63, 3.8) is 0 Å². The molecule has 0 saturated heterocycles. The van der Waals surface area contributed by atoms with Crippen LogP contribution in [0.2, 0.25) is 0 Å². The molecule has 102 valence electrons. The van der Waals surface area contributed by atoms with Crippen LogP contribution in [0.5, 0.6) is 0 Å². The van der Waals surface area contributed by atoms with Crippen LogP contribution in [0.3, 0.4) is 0 Å². The number of hydrogen-bond donors (Lipinski definition) is 1. The van der Waals surface area contributed by atoms with Gasteiger partial charge in [0.05, 0.1) is 16.3 Å².